The highest BCUT2D eigenvalue weighted by atomic mass is 32.2. The SMILES string of the molecule is CN1C(=O)SC(c2cccc3c2ccn3CC2COc3ccccc3O2)C1=O. The predicted molar refractivity (Wildman–Crippen MR) is 107 cm³/mol. The molecule has 0 saturated carbocycles. The Morgan fingerprint density at radius 2 is 1.89 bits per heavy atom. The lowest BCUT2D eigenvalue weighted by Crippen LogP contribution is -2.32. The van der Waals surface area contributed by atoms with Gasteiger partial charge in [0.15, 0.2) is 17.6 Å². The van der Waals surface area contributed by atoms with Gasteiger partial charge in [0.05, 0.1) is 6.54 Å². The third kappa shape index (κ3) is 2.74. The van der Waals surface area contributed by atoms with Crippen LogP contribution in [0.15, 0.2) is 54.7 Å². The summed E-state index contributed by atoms with van der Waals surface area (Å²) in [7, 11) is 1.53. The van der Waals surface area contributed by atoms with Crippen molar-refractivity contribution in [3.8, 4) is 11.5 Å². The lowest BCUT2D eigenvalue weighted by atomic mass is 10.1. The number of para-hydroxylation sites is 2. The third-order valence-corrected chi connectivity index (χ3v) is 6.31. The number of aromatic nitrogens is 1. The maximum Gasteiger partial charge on any atom is 0.289 e. The molecule has 7 heteroatoms. The Hall–Kier alpha value is -2.93. The first kappa shape index (κ1) is 17.2. The molecule has 2 aliphatic heterocycles. The molecule has 1 aromatic heterocycles. The zero-order chi connectivity index (χ0) is 19.3. The Bertz CT molecular complexity index is 1090. The molecule has 2 aliphatic rings. The van der Waals surface area contributed by atoms with Crippen molar-refractivity contribution in [1.29, 1.82) is 0 Å². The molecule has 5 rings (SSSR count). The number of ether oxygens (including phenoxy) is 2. The summed E-state index contributed by atoms with van der Waals surface area (Å²) in [5, 5.41) is 0.282. The maximum absolute atomic E-state index is 12.4. The fraction of sp³-hybridized carbons (Fsp3) is 0.238. The first-order chi connectivity index (χ1) is 13.6. The van der Waals surface area contributed by atoms with Crippen LogP contribution in [0.1, 0.15) is 10.8 Å². The van der Waals surface area contributed by atoms with Gasteiger partial charge in [0.1, 0.15) is 11.9 Å². The second kappa shape index (κ2) is 6.60. The lowest BCUT2D eigenvalue weighted by Gasteiger charge is -2.27. The van der Waals surface area contributed by atoms with Crippen LogP contribution in [0.2, 0.25) is 0 Å². The molecule has 2 atom stereocenters. The molecular formula is C21H18N2O4S. The summed E-state index contributed by atoms with van der Waals surface area (Å²) in [5.41, 5.74) is 1.88. The normalized spacial score (nSPS) is 21.5. The van der Waals surface area contributed by atoms with E-state index in [1.54, 1.807) is 0 Å². The van der Waals surface area contributed by atoms with Crippen LogP contribution in [0.5, 0.6) is 11.5 Å². The van der Waals surface area contributed by atoms with Gasteiger partial charge in [-0.3, -0.25) is 14.5 Å². The van der Waals surface area contributed by atoms with E-state index in [-0.39, 0.29) is 17.3 Å². The van der Waals surface area contributed by atoms with Gasteiger partial charge in [0.2, 0.25) is 5.91 Å². The van der Waals surface area contributed by atoms with Gasteiger partial charge in [-0.2, -0.15) is 0 Å². The highest BCUT2D eigenvalue weighted by Crippen LogP contribution is 2.41. The fourth-order valence-electron chi connectivity index (χ4n) is 3.70. The van der Waals surface area contributed by atoms with Gasteiger partial charge >= 0.3 is 0 Å². The zero-order valence-electron chi connectivity index (χ0n) is 15.2. The zero-order valence-corrected chi connectivity index (χ0v) is 16.0. The molecule has 3 aromatic rings. The number of rotatable bonds is 3. The van der Waals surface area contributed by atoms with Gasteiger partial charge in [-0.15, -0.1) is 0 Å². The van der Waals surface area contributed by atoms with E-state index in [1.807, 2.05) is 54.7 Å². The third-order valence-electron chi connectivity index (χ3n) is 5.15. The Labute approximate surface area is 166 Å². The maximum atomic E-state index is 12.4. The van der Waals surface area contributed by atoms with Crippen molar-refractivity contribution in [2.45, 2.75) is 17.9 Å². The summed E-state index contributed by atoms with van der Waals surface area (Å²) < 4.78 is 14.0. The average Bonchev–Trinajstić information content (AvgIpc) is 3.24. The van der Waals surface area contributed by atoms with E-state index in [2.05, 4.69) is 4.57 Å². The van der Waals surface area contributed by atoms with Gasteiger partial charge < -0.3 is 14.0 Å². The molecule has 2 unspecified atom stereocenters. The number of hydrogen-bond donors (Lipinski definition) is 0. The molecule has 0 aliphatic carbocycles. The van der Waals surface area contributed by atoms with E-state index in [0.717, 1.165) is 39.7 Å². The van der Waals surface area contributed by atoms with E-state index in [0.29, 0.717) is 13.2 Å². The summed E-state index contributed by atoms with van der Waals surface area (Å²) in [6, 6.07) is 15.5. The fourth-order valence-corrected chi connectivity index (χ4v) is 4.74. The molecular weight excluding hydrogens is 376 g/mol. The van der Waals surface area contributed by atoms with Crippen LogP contribution in [0.25, 0.3) is 10.9 Å². The van der Waals surface area contributed by atoms with Crippen molar-refractivity contribution in [3.63, 3.8) is 0 Å². The number of amides is 2. The summed E-state index contributed by atoms with van der Waals surface area (Å²) >= 11 is 1.07. The number of benzene rings is 2. The Morgan fingerprint density at radius 3 is 2.68 bits per heavy atom. The monoisotopic (exact) mass is 394 g/mol. The van der Waals surface area contributed by atoms with Crippen LogP contribution in [-0.2, 0) is 11.3 Å². The molecule has 1 saturated heterocycles. The molecule has 28 heavy (non-hydrogen) atoms. The molecule has 1 fully saturated rings. The molecule has 142 valence electrons. The number of carbonyl (C=O) groups excluding carboxylic acids is 2. The summed E-state index contributed by atoms with van der Waals surface area (Å²) in [5.74, 6) is 1.35. The van der Waals surface area contributed by atoms with Crippen molar-refractivity contribution in [2.75, 3.05) is 13.7 Å². The quantitative estimate of drug-likeness (QED) is 0.675. The van der Waals surface area contributed by atoms with Crippen molar-refractivity contribution >= 4 is 33.8 Å². The van der Waals surface area contributed by atoms with Crippen LogP contribution in [0.4, 0.5) is 4.79 Å². The number of likely N-dealkylation sites (N-methyl/N-ethyl adjacent to an activating group) is 1. The number of thioether (sulfide) groups is 1. The minimum absolute atomic E-state index is 0.107. The minimum Gasteiger partial charge on any atom is -0.486 e. The topological polar surface area (TPSA) is 60.8 Å². The van der Waals surface area contributed by atoms with Crippen LogP contribution < -0.4 is 9.47 Å². The molecule has 2 amide bonds. The van der Waals surface area contributed by atoms with Crippen LogP contribution >= 0.6 is 11.8 Å². The number of imide groups is 1. The molecule has 3 heterocycles. The first-order valence-electron chi connectivity index (χ1n) is 9.06. The van der Waals surface area contributed by atoms with E-state index >= 15 is 0 Å². The number of hydrogen-bond acceptors (Lipinski definition) is 5. The smallest absolute Gasteiger partial charge is 0.289 e. The lowest BCUT2D eigenvalue weighted by molar-refractivity contribution is -0.125. The van der Waals surface area contributed by atoms with Gasteiger partial charge in [-0.1, -0.05) is 24.3 Å². The van der Waals surface area contributed by atoms with Crippen LogP contribution in [-0.4, -0.2) is 40.4 Å². The van der Waals surface area contributed by atoms with Crippen molar-refractivity contribution in [1.82, 2.24) is 9.47 Å². The average molecular weight is 394 g/mol. The first-order valence-corrected chi connectivity index (χ1v) is 9.94. The van der Waals surface area contributed by atoms with Crippen molar-refractivity contribution < 1.29 is 19.1 Å². The highest BCUT2D eigenvalue weighted by molar-refractivity contribution is 8.15. The Morgan fingerprint density at radius 1 is 1.07 bits per heavy atom. The van der Waals surface area contributed by atoms with E-state index in [4.69, 9.17) is 9.47 Å². The summed E-state index contributed by atoms with van der Waals surface area (Å²) in [4.78, 5) is 25.5. The number of carbonyl (C=O) groups is 2. The molecule has 0 radical (unpaired) electrons. The molecule has 0 bridgehead atoms. The van der Waals surface area contributed by atoms with Gasteiger partial charge in [0, 0.05) is 24.1 Å². The van der Waals surface area contributed by atoms with Crippen LogP contribution in [0.3, 0.4) is 0 Å². The predicted octanol–water partition coefficient (Wildman–Crippen LogP) is 3.85. The highest BCUT2D eigenvalue weighted by Gasteiger charge is 2.39. The van der Waals surface area contributed by atoms with Gasteiger partial charge in [0.25, 0.3) is 5.24 Å². The Balaban J connectivity index is 1.43. The molecule has 0 N–H and O–H groups in total. The standard InChI is InChI=1S/C21H18N2O4S/c1-22-20(24)19(28-21(22)25)15-5-4-6-16-14(15)9-10-23(16)11-13-12-26-17-7-2-3-8-18(17)27-13/h2-10,13,19H,11-12H2,1H3. The largest absolute Gasteiger partial charge is 0.486 e. The summed E-state index contributed by atoms with van der Waals surface area (Å²) in [6.45, 7) is 1.11. The van der Waals surface area contributed by atoms with Crippen molar-refractivity contribution in [3.05, 3.63) is 60.3 Å². The second-order valence-electron chi connectivity index (χ2n) is 6.91. The molecule has 6 nitrogen and oxygen atoms in total. The molecule has 2 aromatic carbocycles. The molecule has 0 spiro atoms. The van der Waals surface area contributed by atoms with Crippen LogP contribution in [0, 0.1) is 0 Å². The summed E-state index contributed by atoms with van der Waals surface area (Å²) in [6.07, 6.45) is 1.89. The second-order valence-corrected chi connectivity index (χ2v) is 7.96. The number of nitrogens with zero attached hydrogens (tertiary/aromatic N) is 2. The Kier molecular flexibility index (Phi) is 4.05. The van der Waals surface area contributed by atoms with E-state index in [1.165, 1.54) is 11.9 Å². The van der Waals surface area contributed by atoms with E-state index < -0.39 is 5.25 Å². The minimum atomic E-state index is -0.488. The number of fused-ring (bicyclic) bond motifs is 2. The van der Waals surface area contributed by atoms with E-state index in [9.17, 15) is 9.59 Å². The van der Waals surface area contributed by atoms with Gasteiger partial charge in [-0.25, -0.2) is 0 Å². The van der Waals surface area contributed by atoms with Gasteiger partial charge in [-0.05, 0) is 41.6 Å². The van der Waals surface area contributed by atoms with Crippen molar-refractivity contribution in [2.24, 2.45) is 0 Å².